The molecule has 3 rings (SSSR count). The summed E-state index contributed by atoms with van der Waals surface area (Å²) in [5, 5.41) is 8.44. The SMILES string of the molecule is CCN(c1cccc(C)c1)c1ccc(C(=O)N2CCN(C(C)=O)CC2)nn1. The van der Waals surface area contributed by atoms with Gasteiger partial charge in [0.05, 0.1) is 0 Å². The van der Waals surface area contributed by atoms with E-state index in [4.69, 9.17) is 0 Å². The molecule has 1 fully saturated rings. The highest BCUT2D eigenvalue weighted by Crippen LogP contribution is 2.23. The minimum absolute atomic E-state index is 0.0436. The lowest BCUT2D eigenvalue weighted by molar-refractivity contribution is -0.130. The van der Waals surface area contributed by atoms with E-state index in [0.29, 0.717) is 37.7 Å². The molecule has 0 unspecified atom stereocenters. The van der Waals surface area contributed by atoms with Crippen molar-refractivity contribution in [3.8, 4) is 0 Å². The minimum Gasteiger partial charge on any atom is -0.339 e. The number of hydrogen-bond acceptors (Lipinski definition) is 5. The zero-order valence-corrected chi connectivity index (χ0v) is 16.1. The van der Waals surface area contributed by atoms with Gasteiger partial charge in [0, 0.05) is 45.3 Å². The van der Waals surface area contributed by atoms with Crippen LogP contribution in [0.15, 0.2) is 36.4 Å². The van der Waals surface area contributed by atoms with Crippen LogP contribution in [-0.2, 0) is 4.79 Å². The third-order valence-corrected chi connectivity index (χ3v) is 4.79. The first kappa shape index (κ1) is 18.8. The van der Waals surface area contributed by atoms with Crippen LogP contribution in [0, 0.1) is 6.92 Å². The molecule has 27 heavy (non-hydrogen) atoms. The fourth-order valence-electron chi connectivity index (χ4n) is 3.24. The van der Waals surface area contributed by atoms with Crippen LogP contribution in [-0.4, -0.2) is 64.5 Å². The van der Waals surface area contributed by atoms with Gasteiger partial charge in [0.15, 0.2) is 11.5 Å². The average Bonchev–Trinajstić information content (AvgIpc) is 2.69. The number of aromatic nitrogens is 2. The molecule has 0 aliphatic carbocycles. The number of amides is 2. The van der Waals surface area contributed by atoms with Crippen molar-refractivity contribution in [2.45, 2.75) is 20.8 Å². The molecule has 1 aliphatic rings. The molecule has 2 heterocycles. The van der Waals surface area contributed by atoms with Gasteiger partial charge in [0.1, 0.15) is 0 Å². The summed E-state index contributed by atoms with van der Waals surface area (Å²) in [5.41, 5.74) is 2.55. The Morgan fingerprint density at radius 3 is 2.30 bits per heavy atom. The van der Waals surface area contributed by atoms with Gasteiger partial charge in [-0.2, -0.15) is 0 Å². The fourth-order valence-corrected chi connectivity index (χ4v) is 3.24. The van der Waals surface area contributed by atoms with E-state index in [1.165, 1.54) is 5.56 Å². The Kier molecular flexibility index (Phi) is 5.69. The molecule has 2 aromatic rings. The summed E-state index contributed by atoms with van der Waals surface area (Å²) < 4.78 is 0. The van der Waals surface area contributed by atoms with Gasteiger partial charge in [-0.1, -0.05) is 12.1 Å². The molecule has 0 bridgehead atoms. The first-order valence-corrected chi connectivity index (χ1v) is 9.22. The van der Waals surface area contributed by atoms with Crippen LogP contribution in [0.4, 0.5) is 11.5 Å². The number of nitrogens with zero attached hydrogens (tertiary/aromatic N) is 5. The molecule has 1 aromatic carbocycles. The Bertz CT molecular complexity index is 813. The Morgan fingerprint density at radius 1 is 1.04 bits per heavy atom. The Balaban J connectivity index is 1.71. The van der Waals surface area contributed by atoms with Crippen molar-refractivity contribution < 1.29 is 9.59 Å². The lowest BCUT2D eigenvalue weighted by Gasteiger charge is -2.34. The van der Waals surface area contributed by atoms with Crippen LogP contribution in [0.3, 0.4) is 0 Å². The normalized spacial score (nSPS) is 14.2. The van der Waals surface area contributed by atoms with Crippen LogP contribution in [0.2, 0.25) is 0 Å². The molecule has 1 saturated heterocycles. The third kappa shape index (κ3) is 4.24. The monoisotopic (exact) mass is 367 g/mol. The van der Waals surface area contributed by atoms with Crippen molar-refractivity contribution in [2.24, 2.45) is 0 Å². The number of carbonyl (C=O) groups excluding carboxylic acids is 2. The van der Waals surface area contributed by atoms with E-state index in [1.54, 1.807) is 22.8 Å². The van der Waals surface area contributed by atoms with Gasteiger partial charge in [0.25, 0.3) is 5.91 Å². The highest BCUT2D eigenvalue weighted by molar-refractivity contribution is 5.92. The second-order valence-corrected chi connectivity index (χ2v) is 6.66. The van der Waals surface area contributed by atoms with E-state index in [9.17, 15) is 9.59 Å². The van der Waals surface area contributed by atoms with Crippen LogP contribution >= 0.6 is 0 Å². The number of piperazine rings is 1. The minimum atomic E-state index is -0.143. The summed E-state index contributed by atoms with van der Waals surface area (Å²) in [6, 6.07) is 11.7. The zero-order chi connectivity index (χ0) is 19.4. The molecule has 0 radical (unpaired) electrons. The quantitative estimate of drug-likeness (QED) is 0.829. The number of carbonyl (C=O) groups is 2. The van der Waals surface area contributed by atoms with Crippen molar-refractivity contribution >= 4 is 23.3 Å². The average molecular weight is 367 g/mol. The molecule has 1 aromatic heterocycles. The summed E-state index contributed by atoms with van der Waals surface area (Å²) in [5.74, 6) is 0.610. The summed E-state index contributed by atoms with van der Waals surface area (Å²) in [6.07, 6.45) is 0. The van der Waals surface area contributed by atoms with Gasteiger partial charge < -0.3 is 14.7 Å². The van der Waals surface area contributed by atoms with E-state index in [2.05, 4.69) is 41.1 Å². The topological polar surface area (TPSA) is 69.6 Å². The van der Waals surface area contributed by atoms with Crippen LogP contribution < -0.4 is 4.90 Å². The number of anilines is 2. The maximum Gasteiger partial charge on any atom is 0.274 e. The largest absolute Gasteiger partial charge is 0.339 e. The summed E-state index contributed by atoms with van der Waals surface area (Å²) >= 11 is 0. The zero-order valence-electron chi connectivity index (χ0n) is 16.1. The molecular weight excluding hydrogens is 342 g/mol. The molecule has 0 atom stereocenters. The van der Waals surface area contributed by atoms with Gasteiger partial charge in [-0.05, 0) is 43.7 Å². The number of benzene rings is 1. The van der Waals surface area contributed by atoms with Crippen molar-refractivity contribution in [2.75, 3.05) is 37.6 Å². The van der Waals surface area contributed by atoms with Crippen LogP contribution in [0.1, 0.15) is 29.9 Å². The second-order valence-electron chi connectivity index (χ2n) is 6.66. The van der Waals surface area contributed by atoms with Gasteiger partial charge >= 0.3 is 0 Å². The molecule has 2 amide bonds. The van der Waals surface area contributed by atoms with Crippen molar-refractivity contribution in [1.29, 1.82) is 0 Å². The Labute approximate surface area is 159 Å². The predicted octanol–water partition coefficient (Wildman–Crippen LogP) is 2.25. The highest BCUT2D eigenvalue weighted by Gasteiger charge is 2.24. The number of aryl methyl sites for hydroxylation is 1. The standard InChI is InChI=1S/C20H25N5O2/c1-4-25(17-7-5-6-15(2)14-17)19-9-8-18(21-22-19)20(27)24-12-10-23(11-13-24)16(3)26/h5-9,14H,4,10-13H2,1-3H3. The van der Waals surface area contributed by atoms with E-state index in [-0.39, 0.29) is 11.8 Å². The lowest BCUT2D eigenvalue weighted by Crippen LogP contribution is -2.50. The maximum atomic E-state index is 12.6. The second kappa shape index (κ2) is 8.16. The molecule has 142 valence electrons. The van der Waals surface area contributed by atoms with Crippen LogP contribution in [0.5, 0.6) is 0 Å². The number of rotatable bonds is 4. The molecular formula is C20H25N5O2. The van der Waals surface area contributed by atoms with Crippen molar-refractivity contribution in [3.05, 3.63) is 47.7 Å². The number of hydrogen-bond donors (Lipinski definition) is 0. The van der Waals surface area contributed by atoms with E-state index in [1.807, 2.05) is 18.2 Å². The molecule has 1 aliphatic heterocycles. The Hall–Kier alpha value is -2.96. The predicted molar refractivity (Wildman–Crippen MR) is 104 cm³/mol. The fraction of sp³-hybridized carbons (Fsp3) is 0.400. The van der Waals surface area contributed by atoms with E-state index >= 15 is 0 Å². The lowest BCUT2D eigenvalue weighted by atomic mass is 10.2. The van der Waals surface area contributed by atoms with Gasteiger partial charge in [0.2, 0.25) is 5.91 Å². The molecule has 0 N–H and O–H groups in total. The molecule has 0 spiro atoms. The van der Waals surface area contributed by atoms with Crippen molar-refractivity contribution in [3.63, 3.8) is 0 Å². The molecule has 0 saturated carbocycles. The first-order chi connectivity index (χ1) is 13.0. The third-order valence-electron chi connectivity index (χ3n) is 4.79. The molecule has 7 nitrogen and oxygen atoms in total. The maximum absolute atomic E-state index is 12.6. The summed E-state index contributed by atoms with van der Waals surface area (Å²) in [7, 11) is 0. The first-order valence-electron chi connectivity index (χ1n) is 9.22. The smallest absolute Gasteiger partial charge is 0.274 e. The van der Waals surface area contributed by atoms with Gasteiger partial charge in [-0.15, -0.1) is 10.2 Å². The van der Waals surface area contributed by atoms with Gasteiger partial charge in [-0.3, -0.25) is 9.59 Å². The van der Waals surface area contributed by atoms with Gasteiger partial charge in [-0.25, -0.2) is 0 Å². The van der Waals surface area contributed by atoms with Crippen molar-refractivity contribution in [1.82, 2.24) is 20.0 Å². The van der Waals surface area contributed by atoms with Crippen LogP contribution in [0.25, 0.3) is 0 Å². The summed E-state index contributed by atoms with van der Waals surface area (Å²) in [6.45, 7) is 8.56. The van der Waals surface area contributed by atoms with E-state index in [0.717, 1.165) is 12.2 Å². The molecule has 7 heteroatoms. The summed E-state index contributed by atoms with van der Waals surface area (Å²) in [4.78, 5) is 29.6. The Morgan fingerprint density at radius 2 is 1.74 bits per heavy atom. The van der Waals surface area contributed by atoms with E-state index < -0.39 is 0 Å². The highest BCUT2D eigenvalue weighted by atomic mass is 16.2.